The maximum Gasteiger partial charge on any atom is 0.191 e. The van der Waals surface area contributed by atoms with Gasteiger partial charge in [0, 0.05) is 25.7 Å². The molecule has 29 heavy (non-hydrogen) atoms. The predicted octanol–water partition coefficient (Wildman–Crippen LogP) is 4.11. The van der Waals surface area contributed by atoms with Crippen LogP contribution in [0.5, 0.6) is 5.75 Å². The molecule has 160 valence electrons. The van der Waals surface area contributed by atoms with E-state index in [0.29, 0.717) is 6.54 Å². The van der Waals surface area contributed by atoms with E-state index in [-0.39, 0.29) is 30.0 Å². The molecule has 2 aromatic rings. The van der Waals surface area contributed by atoms with Crippen LogP contribution in [0.15, 0.2) is 46.0 Å². The summed E-state index contributed by atoms with van der Waals surface area (Å²) in [5, 5.41) is 6.86. The Bertz CT molecular complexity index is 758. The van der Waals surface area contributed by atoms with Gasteiger partial charge < -0.3 is 19.8 Å². The third-order valence-electron chi connectivity index (χ3n) is 5.28. The van der Waals surface area contributed by atoms with Crippen LogP contribution in [0.2, 0.25) is 0 Å². The minimum absolute atomic E-state index is 0. The first-order chi connectivity index (χ1) is 13.7. The van der Waals surface area contributed by atoms with E-state index in [0.717, 1.165) is 42.7 Å². The van der Waals surface area contributed by atoms with Gasteiger partial charge in [-0.1, -0.05) is 18.6 Å². The van der Waals surface area contributed by atoms with Crippen LogP contribution >= 0.6 is 24.0 Å². The highest BCUT2D eigenvalue weighted by Crippen LogP contribution is 2.24. The highest BCUT2D eigenvalue weighted by molar-refractivity contribution is 14.0. The molecule has 1 saturated heterocycles. The fourth-order valence-electron chi connectivity index (χ4n) is 3.71. The van der Waals surface area contributed by atoms with Crippen molar-refractivity contribution in [3.05, 3.63) is 53.5 Å². The highest BCUT2D eigenvalue weighted by Gasteiger charge is 2.24. The minimum Gasteiger partial charge on any atom is -0.496 e. The monoisotopic (exact) mass is 512 g/mol. The quantitative estimate of drug-likeness (QED) is 0.332. The van der Waals surface area contributed by atoms with Gasteiger partial charge in [-0.15, -0.1) is 24.0 Å². The van der Waals surface area contributed by atoms with Gasteiger partial charge in [0.25, 0.3) is 0 Å². The SMILES string of the molecule is CN=C(NCc1ccc(C)cc1OC)NCC(c1ccco1)N1CCCCC1.I. The Morgan fingerprint density at radius 3 is 2.66 bits per heavy atom. The molecule has 2 N–H and O–H groups in total. The zero-order chi connectivity index (χ0) is 19.8. The van der Waals surface area contributed by atoms with Gasteiger partial charge in [0.1, 0.15) is 11.5 Å². The fraction of sp³-hybridized carbons (Fsp3) is 0.500. The Morgan fingerprint density at radius 1 is 1.21 bits per heavy atom. The summed E-state index contributed by atoms with van der Waals surface area (Å²) < 4.78 is 11.2. The average Bonchev–Trinajstić information content (AvgIpc) is 3.26. The van der Waals surface area contributed by atoms with Gasteiger partial charge in [0.2, 0.25) is 0 Å². The van der Waals surface area contributed by atoms with Gasteiger partial charge in [-0.3, -0.25) is 9.89 Å². The van der Waals surface area contributed by atoms with Gasteiger partial charge >= 0.3 is 0 Å². The molecule has 7 heteroatoms. The van der Waals surface area contributed by atoms with Gasteiger partial charge in [0.05, 0.1) is 19.4 Å². The number of likely N-dealkylation sites (tertiary alicyclic amines) is 1. The average molecular weight is 512 g/mol. The Balaban J connectivity index is 0.00000300. The summed E-state index contributed by atoms with van der Waals surface area (Å²) >= 11 is 0. The summed E-state index contributed by atoms with van der Waals surface area (Å²) in [4.78, 5) is 6.88. The van der Waals surface area contributed by atoms with E-state index in [1.165, 1.54) is 24.8 Å². The van der Waals surface area contributed by atoms with Crippen molar-refractivity contribution in [2.75, 3.05) is 33.8 Å². The third kappa shape index (κ3) is 6.64. The van der Waals surface area contributed by atoms with Crippen molar-refractivity contribution in [2.45, 2.75) is 38.8 Å². The fourth-order valence-corrected chi connectivity index (χ4v) is 3.71. The number of aliphatic imine (C=N–C) groups is 1. The summed E-state index contributed by atoms with van der Waals surface area (Å²) in [6.07, 6.45) is 5.56. The van der Waals surface area contributed by atoms with Crippen LogP contribution in [0.3, 0.4) is 0 Å². The third-order valence-corrected chi connectivity index (χ3v) is 5.28. The van der Waals surface area contributed by atoms with Crippen LogP contribution in [0, 0.1) is 6.92 Å². The first-order valence-corrected chi connectivity index (χ1v) is 10.1. The smallest absolute Gasteiger partial charge is 0.191 e. The first-order valence-electron chi connectivity index (χ1n) is 10.1. The maximum absolute atomic E-state index is 5.73. The van der Waals surface area contributed by atoms with Gasteiger partial charge in [-0.05, 0) is 56.6 Å². The lowest BCUT2D eigenvalue weighted by atomic mass is 10.1. The molecule has 2 heterocycles. The number of piperidine rings is 1. The predicted molar refractivity (Wildman–Crippen MR) is 128 cm³/mol. The molecule has 0 amide bonds. The molecule has 1 aliphatic rings. The number of nitrogens with one attached hydrogen (secondary N) is 2. The second-order valence-electron chi connectivity index (χ2n) is 7.25. The summed E-state index contributed by atoms with van der Waals surface area (Å²) in [6, 6.07) is 10.5. The topological polar surface area (TPSA) is 62.0 Å². The van der Waals surface area contributed by atoms with Crippen LogP contribution in [0.4, 0.5) is 0 Å². The molecule has 0 bridgehead atoms. The number of rotatable bonds is 7. The van der Waals surface area contributed by atoms with Crippen molar-refractivity contribution >= 4 is 29.9 Å². The van der Waals surface area contributed by atoms with Crippen molar-refractivity contribution in [1.29, 1.82) is 0 Å². The Morgan fingerprint density at radius 2 is 2.00 bits per heavy atom. The number of ether oxygens (including phenoxy) is 1. The van der Waals surface area contributed by atoms with E-state index in [2.05, 4.69) is 51.7 Å². The lowest BCUT2D eigenvalue weighted by Gasteiger charge is -2.33. The molecule has 3 rings (SSSR count). The van der Waals surface area contributed by atoms with Crippen LogP contribution < -0.4 is 15.4 Å². The number of halogens is 1. The largest absolute Gasteiger partial charge is 0.496 e. The van der Waals surface area contributed by atoms with Crippen molar-refractivity contribution in [1.82, 2.24) is 15.5 Å². The number of furan rings is 1. The summed E-state index contributed by atoms with van der Waals surface area (Å²) in [6.45, 7) is 5.69. The summed E-state index contributed by atoms with van der Waals surface area (Å²) in [7, 11) is 3.50. The van der Waals surface area contributed by atoms with Crippen LogP contribution in [-0.2, 0) is 6.54 Å². The minimum atomic E-state index is 0. The number of benzene rings is 1. The van der Waals surface area contributed by atoms with Gasteiger partial charge in [0.15, 0.2) is 5.96 Å². The molecule has 1 fully saturated rings. The molecule has 1 aromatic heterocycles. The second-order valence-corrected chi connectivity index (χ2v) is 7.25. The number of methoxy groups -OCH3 is 1. The summed E-state index contributed by atoms with van der Waals surface area (Å²) in [5.41, 5.74) is 2.29. The van der Waals surface area contributed by atoms with Crippen LogP contribution in [0.1, 0.15) is 42.2 Å². The highest BCUT2D eigenvalue weighted by atomic mass is 127. The van der Waals surface area contributed by atoms with Crippen molar-refractivity contribution in [3.8, 4) is 5.75 Å². The molecule has 1 aromatic carbocycles. The number of aryl methyl sites for hydroxylation is 1. The number of hydrogen-bond acceptors (Lipinski definition) is 4. The van der Waals surface area contributed by atoms with E-state index in [1.807, 2.05) is 6.07 Å². The maximum atomic E-state index is 5.73. The van der Waals surface area contributed by atoms with Crippen LogP contribution in [0.25, 0.3) is 0 Å². The van der Waals surface area contributed by atoms with Crippen molar-refractivity contribution in [2.24, 2.45) is 4.99 Å². The Labute approximate surface area is 191 Å². The molecule has 1 atom stereocenters. The van der Waals surface area contributed by atoms with Crippen LogP contribution in [-0.4, -0.2) is 44.7 Å². The molecular formula is C22H33IN4O2. The second kappa shape index (κ2) is 12.1. The Kier molecular flexibility index (Phi) is 9.80. The standard InChI is InChI=1S/C22H32N4O2.HI/c1-17-9-10-18(21(14-17)27-3)15-24-22(23-2)25-16-19(20-8-7-13-28-20)26-11-5-4-6-12-26;/h7-10,13-14,19H,4-6,11-12,15-16H2,1-3H3,(H2,23,24,25);1H. The van der Waals surface area contributed by atoms with E-state index in [9.17, 15) is 0 Å². The van der Waals surface area contributed by atoms with E-state index < -0.39 is 0 Å². The summed E-state index contributed by atoms with van der Waals surface area (Å²) in [5.74, 6) is 2.67. The molecular weight excluding hydrogens is 479 g/mol. The zero-order valence-electron chi connectivity index (χ0n) is 17.6. The van der Waals surface area contributed by atoms with Crippen molar-refractivity contribution < 1.29 is 9.15 Å². The van der Waals surface area contributed by atoms with Gasteiger partial charge in [-0.2, -0.15) is 0 Å². The lowest BCUT2D eigenvalue weighted by molar-refractivity contribution is 0.146. The van der Waals surface area contributed by atoms with Gasteiger partial charge in [-0.25, -0.2) is 0 Å². The van der Waals surface area contributed by atoms with E-state index in [4.69, 9.17) is 9.15 Å². The molecule has 0 saturated carbocycles. The normalized spacial score (nSPS) is 16.0. The molecule has 6 nitrogen and oxygen atoms in total. The first kappa shape index (κ1) is 23.5. The number of nitrogens with zero attached hydrogens (tertiary/aromatic N) is 2. The molecule has 1 unspecified atom stereocenters. The molecule has 0 aliphatic carbocycles. The molecule has 0 radical (unpaired) electrons. The molecule has 0 spiro atoms. The Hall–Kier alpha value is -1.74. The van der Waals surface area contributed by atoms with Crippen molar-refractivity contribution in [3.63, 3.8) is 0 Å². The molecule has 1 aliphatic heterocycles. The number of guanidine groups is 1. The van der Waals surface area contributed by atoms with E-state index >= 15 is 0 Å². The van der Waals surface area contributed by atoms with E-state index in [1.54, 1.807) is 20.4 Å². The number of hydrogen-bond donors (Lipinski definition) is 2. The zero-order valence-corrected chi connectivity index (χ0v) is 19.9. The lowest BCUT2D eigenvalue weighted by Crippen LogP contribution is -2.44.